The molecule has 0 bridgehead atoms. The number of nitrogens with zero attached hydrogens (tertiary/aromatic N) is 3. The number of benzene rings is 1. The van der Waals surface area contributed by atoms with E-state index >= 15 is 0 Å². The molecule has 1 saturated heterocycles. The van der Waals surface area contributed by atoms with E-state index in [1.54, 1.807) is 18.2 Å². The number of hydrogen-bond donors (Lipinski definition) is 1. The highest BCUT2D eigenvalue weighted by Crippen LogP contribution is 2.24. The van der Waals surface area contributed by atoms with E-state index in [2.05, 4.69) is 14.1 Å². The lowest BCUT2D eigenvalue weighted by Crippen LogP contribution is -2.51. The van der Waals surface area contributed by atoms with Crippen LogP contribution in [0.1, 0.15) is 6.92 Å². The van der Waals surface area contributed by atoms with E-state index in [1.165, 1.54) is 4.31 Å². The first-order chi connectivity index (χ1) is 9.09. The molecule has 1 aliphatic rings. The highest BCUT2D eigenvalue weighted by Gasteiger charge is 2.30. The largest absolute Gasteiger partial charge is 0.312 e. The zero-order valence-electron chi connectivity index (χ0n) is 10.8. The maximum Gasteiger partial charge on any atom is 0.245 e. The number of sulfonamides is 1. The van der Waals surface area contributed by atoms with Crippen LogP contribution in [0.15, 0.2) is 23.1 Å². The lowest BCUT2D eigenvalue weighted by atomic mass is 10.3. The number of aromatic nitrogens is 2. The molecule has 1 aromatic heterocycles. The molecule has 1 N–H and O–H groups in total. The van der Waals surface area contributed by atoms with Crippen molar-refractivity contribution in [1.29, 1.82) is 0 Å². The average molecular weight is 335 g/mol. The van der Waals surface area contributed by atoms with Crippen LogP contribution < -0.4 is 5.32 Å². The minimum absolute atomic E-state index is 0. The van der Waals surface area contributed by atoms with Gasteiger partial charge in [-0.15, -0.1) is 12.4 Å². The first-order valence-electron chi connectivity index (χ1n) is 6.04. The number of halogens is 1. The standard InChI is InChI=1S/C11H14N4O2S2.ClH/c1-8-7-15(6-5-12-8)19(16,17)10-4-2-3-9-11(10)14-18-13-9;/h2-4,8,12H,5-7H2,1H3;1H. The zero-order chi connectivity index (χ0) is 13.5. The molecule has 1 fully saturated rings. The lowest BCUT2D eigenvalue weighted by molar-refractivity contribution is 0.310. The summed E-state index contributed by atoms with van der Waals surface area (Å²) in [4.78, 5) is 0.257. The van der Waals surface area contributed by atoms with Gasteiger partial charge in [0, 0.05) is 25.7 Å². The molecule has 6 nitrogen and oxygen atoms in total. The summed E-state index contributed by atoms with van der Waals surface area (Å²) in [5.74, 6) is 0. The molecule has 3 rings (SSSR count). The summed E-state index contributed by atoms with van der Waals surface area (Å²) in [6.07, 6.45) is 0. The molecular weight excluding hydrogens is 320 g/mol. The highest BCUT2D eigenvalue weighted by molar-refractivity contribution is 7.89. The van der Waals surface area contributed by atoms with Gasteiger partial charge in [-0.05, 0) is 19.1 Å². The predicted octanol–water partition coefficient (Wildman–Crippen LogP) is 1.10. The Hall–Kier alpha value is -0.800. The maximum atomic E-state index is 12.7. The summed E-state index contributed by atoms with van der Waals surface area (Å²) in [5.41, 5.74) is 1.10. The summed E-state index contributed by atoms with van der Waals surface area (Å²) in [6.45, 7) is 3.62. The second-order valence-corrected chi connectivity index (χ2v) is 7.04. The van der Waals surface area contributed by atoms with Gasteiger partial charge in [0.1, 0.15) is 15.9 Å². The Morgan fingerprint density at radius 2 is 2.20 bits per heavy atom. The van der Waals surface area contributed by atoms with E-state index in [1.807, 2.05) is 6.92 Å². The van der Waals surface area contributed by atoms with E-state index in [-0.39, 0.29) is 23.3 Å². The molecule has 0 spiro atoms. The first kappa shape index (κ1) is 15.6. The Bertz CT molecular complexity index is 703. The summed E-state index contributed by atoms with van der Waals surface area (Å²) in [7, 11) is -3.49. The van der Waals surface area contributed by atoms with Crippen molar-refractivity contribution in [2.75, 3.05) is 19.6 Å². The van der Waals surface area contributed by atoms with Crippen LogP contribution in [0.2, 0.25) is 0 Å². The van der Waals surface area contributed by atoms with Crippen LogP contribution in [0, 0.1) is 0 Å². The van der Waals surface area contributed by atoms with Crippen molar-refractivity contribution in [3.05, 3.63) is 18.2 Å². The van der Waals surface area contributed by atoms with Crippen molar-refractivity contribution in [3.8, 4) is 0 Å². The van der Waals surface area contributed by atoms with Gasteiger partial charge < -0.3 is 5.32 Å². The van der Waals surface area contributed by atoms with Crippen molar-refractivity contribution in [2.45, 2.75) is 17.9 Å². The Kier molecular flexibility index (Phi) is 4.60. The van der Waals surface area contributed by atoms with Crippen LogP contribution in [0.3, 0.4) is 0 Å². The fourth-order valence-corrected chi connectivity index (χ4v) is 4.53. The molecule has 9 heteroatoms. The van der Waals surface area contributed by atoms with Gasteiger partial charge in [-0.3, -0.25) is 0 Å². The molecular formula is C11H15ClN4O2S2. The van der Waals surface area contributed by atoms with Gasteiger partial charge in [-0.1, -0.05) is 6.07 Å². The molecule has 1 unspecified atom stereocenters. The zero-order valence-corrected chi connectivity index (χ0v) is 13.3. The van der Waals surface area contributed by atoms with E-state index in [0.29, 0.717) is 30.7 Å². The fourth-order valence-electron chi connectivity index (χ4n) is 2.24. The Balaban J connectivity index is 0.00000147. The molecule has 0 aliphatic carbocycles. The average Bonchev–Trinajstić information content (AvgIpc) is 2.86. The second-order valence-electron chi connectivity index (χ2n) is 4.61. The van der Waals surface area contributed by atoms with Crippen molar-refractivity contribution < 1.29 is 8.42 Å². The van der Waals surface area contributed by atoms with Crippen molar-refractivity contribution in [1.82, 2.24) is 18.4 Å². The third-order valence-electron chi connectivity index (χ3n) is 3.20. The summed E-state index contributed by atoms with van der Waals surface area (Å²) in [6, 6.07) is 5.25. The SMILES string of the molecule is CC1CN(S(=O)(=O)c2cccc3nsnc23)CCN1.Cl. The summed E-state index contributed by atoms with van der Waals surface area (Å²) >= 11 is 1.04. The minimum Gasteiger partial charge on any atom is -0.312 e. The molecule has 2 aromatic rings. The molecule has 110 valence electrons. The summed E-state index contributed by atoms with van der Waals surface area (Å²) in [5, 5.41) is 3.24. The number of piperazine rings is 1. The van der Waals surface area contributed by atoms with Crippen LogP contribution >= 0.6 is 24.1 Å². The van der Waals surface area contributed by atoms with E-state index < -0.39 is 10.0 Å². The molecule has 0 radical (unpaired) electrons. The highest BCUT2D eigenvalue weighted by atomic mass is 35.5. The minimum atomic E-state index is -3.49. The third-order valence-corrected chi connectivity index (χ3v) is 5.64. The quantitative estimate of drug-likeness (QED) is 0.890. The van der Waals surface area contributed by atoms with Gasteiger partial charge in [0.25, 0.3) is 0 Å². The van der Waals surface area contributed by atoms with Crippen LogP contribution in [-0.2, 0) is 10.0 Å². The molecule has 20 heavy (non-hydrogen) atoms. The molecule has 0 amide bonds. The van der Waals surface area contributed by atoms with E-state index in [0.717, 1.165) is 11.7 Å². The van der Waals surface area contributed by atoms with Gasteiger partial charge in [0.05, 0.1) is 11.7 Å². The number of nitrogens with one attached hydrogen (secondary N) is 1. The molecule has 1 aliphatic heterocycles. The smallest absolute Gasteiger partial charge is 0.245 e. The van der Waals surface area contributed by atoms with Crippen LogP contribution in [0.25, 0.3) is 11.0 Å². The van der Waals surface area contributed by atoms with Crippen LogP contribution in [0.4, 0.5) is 0 Å². The third kappa shape index (κ3) is 2.66. The lowest BCUT2D eigenvalue weighted by Gasteiger charge is -2.30. The van der Waals surface area contributed by atoms with Gasteiger partial charge in [-0.2, -0.15) is 13.1 Å². The Morgan fingerprint density at radius 1 is 1.40 bits per heavy atom. The number of hydrogen-bond acceptors (Lipinski definition) is 6. The summed E-state index contributed by atoms with van der Waals surface area (Å²) < 4.78 is 35.1. The molecule has 1 atom stereocenters. The van der Waals surface area contributed by atoms with Crippen LogP contribution in [-0.4, -0.2) is 47.1 Å². The van der Waals surface area contributed by atoms with Crippen molar-refractivity contribution in [3.63, 3.8) is 0 Å². The van der Waals surface area contributed by atoms with Gasteiger partial charge in [0.2, 0.25) is 10.0 Å². The number of fused-ring (bicyclic) bond motifs is 1. The van der Waals surface area contributed by atoms with Gasteiger partial charge in [-0.25, -0.2) is 8.42 Å². The predicted molar refractivity (Wildman–Crippen MR) is 80.9 cm³/mol. The molecule has 1 aromatic carbocycles. The topological polar surface area (TPSA) is 75.2 Å². The molecule has 0 saturated carbocycles. The fraction of sp³-hybridized carbons (Fsp3) is 0.455. The second kappa shape index (κ2) is 5.90. The normalized spacial score (nSPS) is 20.8. The monoisotopic (exact) mass is 334 g/mol. The van der Waals surface area contributed by atoms with Crippen molar-refractivity contribution >= 4 is 45.2 Å². The Morgan fingerprint density at radius 3 is 2.95 bits per heavy atom. The van der Waals surface area contributed by atoms with Gasteiger partial charge >= 0.3 is 0 Å². The first-order valence-corrected chi connectivity index (χ1v) is 8.21. The van der Waals surface area contributed by atoms with E-state index in [9.17, 15) is 8.42 Å². The van der Waals surface area contributed by atoms with Crippen molar-refractivity contribution in [2.24, 2.45) is 0 Å². The van der Waals surface area contributed by atoms with E-state index in [4.69, 9.17) is 0 Å². The van der Waals surface area contributed by atoms with Gasteiger partial charge in [0.15, 0.2) is 0 Å². The maximum absolute atomic E-state index is 12.7. The van der Waals surface area contributed by atoms with Crippen LogP contribution in [0.5, 0.6) is 0 Å². The number of rotatable bonds is 2. The molecule has 2 heterocycles. The Labute approximate surface area is 128 Å².